The highest BCUT2D eigenvalue weighted by atomic mass is 35.5. The van der Waals surface area contributed by atoms with Crippen LogP contribution in [0.5, 0.6) is 0 Å². The molecule has 0 bridgehead atoms. The molecule has 2 heterocycles. The molecule has 0 unspecified atom stereocenters. The van der Waals surface area contributed by atoms with Crippen molar-refractivity contribution in [2.75, 3.05) is 11.6 Å². The van der Waals surface area contributed by atoms with E-state index in [1.807, 2.05) is 50.4 Å². The molecule has 0 aliphatic carbocycles. The number of nitrogens with zero attached hydrogens (tertiary/aromatic N) is 3. The third kappa shape index (κ3) is 3.86. The summed E-state index contributed by atoms with van der Waals surface area (Å²) in [5.74, 6) is 0.199. The molecule has 3 aromatic rings. The number of aryl methyl sites for hydroxylation is 2. The van der Waals surface area contributed by atoms with Crippen LogP contribution in [0.15, 0.2) is 47.4 Å². The van der Waals surface area contributed by atoms with Gasteiger partial charge in [0.05, 0.1) is 10.7 Å². The first-order valence-corrected chi connectivity index (χ1v) is 9.24. The van der Waals surface area contributed by atoms with Crippen LogP contribution in [-0.4, -0.2) is 26.9 Å². The lowest BCUT2D eigenvalue weighted by Gasteiger charge is -2.09. The SMILES string of the molecule is CSc1cccc(NC(=O)c2nc(-n3nc(C)cc3C)ccc2Cl)c1. The molecule has 0 aliphatic rings. The zero-order chi connectivity index (χ0) is 18.0. The van der Waals surface area contributed by atoms with Crippen LogP contribution in [0.4, 0.5) is 5.69 Å². The number of carbonyl (C=O) groups excluding carboxylic acids is 1. The lowest BCUT2D eigenvalue weighted by molar-refractivity contribution is 0.102. The van der Waals surface area contributed by atoms with Crippen LogP contribution in [-0.2, 0) is 0 Å². The van der Waals surface area contributed by atoms with Crippen LogP contribution in [0.1, 0.15) is 21.9 Å². The van der Waals surface area contributed by atoms with Gasteiger partial charge in [-0.2, -0.15) is 5.10 Å². The molecule has 3 rings (SSSR count). The first-order valence-electron chi connectivity index (χ1n) is 7.63. The number of anilines is 1. The first-order chi connectivity index (χ1) is 12.0. The van der Waals surface area contributed by atoms with E-state index in [0.717, 1.165) is 16.3 Å². The van der Waals surface area contributed by atoms with Crippen LogP contribution >= 0.6 is 23.4 Å². The largest absolute Gasteiger partial charge is 0.321 e. The van der Waals surface area contributed by atoms with Crippen molar-refractivity contribution < 1.29 is 4.79 Å². The first kappa shape index (κ1) is 17.5. The Hall–Kier alpha value is -2.31. The number of nitrogens with one attached hydrogen (secondary N) is 1. The van der Waals surface area contributed by atoms with Gasteiger partial charge in [-0.05, 0) is 56.5 Å². The number of pyridine rings is 1. The van der Waals surface area contributed by atoms with Gasteiger partial charge in [-0.25, -0.2) is 9.67 Å². The molecule has 1 amide bonds. The van der Waals surface area contributed by atoms with E-state index in [1.54, 1.807) is 28.6 Å². The molecule has 0 spiro atoms. The summed E-state index contributed by atoms with van der Waals surface area (Å²) in [7, 11) is 0. The number of rotatable bonds is 4. The Morgan fingerprint density at radius 1 is 1.20 bits per heavy atom. The van der Waals surface area contributed by atoms with Gasteiger partial charge >= 0.3 is 0 Å². The van der Waals surface area contributed by atoms with Crippen molar-refractivity contribution >= 4 is 35.0 Å². The zero-order valence-corrected chi connectivity index (χ0v) is 15.6. The topological polar surface area (TPSA) is 59.8 Å². The fraction of sp³-hybridized carbons (Fsp3) is 0.167. The minimum absolute atomic E-state index is 0.168. The number of hydrogen-bond acceptors (Lipinski definition) is 4. The molecule has 0 radical (unpaired) electrons. The second-order valence-corrected chi connectivity index (χ2v) is 6.81. The number of thioether (sulfide) groups is 1. The lowest BCUT2D eigenvalue weighted by Crippen LogP contribution is -2.16. The molecular weight excluding hydrogens is 356 g/mol. The minimum atomic E-state index is -0.355. The van der Waals surface area contributed by atoms with E-state index in [0.29, 0.717) is 16.5 Å². The predicted octanol–water partition coefficient (Wildman–Crippen LogP) is 4.51. The number of amides is 1. The van der Waals surface area contributed by atoms with E-state index in [4.69, 9.17) is 11.6 Å². The van der Waals surface area contributed by atoms with E-state index in [-0.39, 0.29) is 11.6 Å². The standard InChI is InChI=1S/C18H17ClN4OS/c1-11-9-12(2)23(22-11)16-8-7-15(19)17(21-16)18(24)20-13-5-4-6-14(10-13)25-3/h4-10H,1-3H3,(H,20,24). The third-order valence-corrected chi connectivity index (χ3v) is 4.63. The molecule has 0 saturated carbocycles. The monoisotopic (exact) mass is 372 g/mol. The van der Waals surface area contributed by atoms with Crippen molar-refractivity contribution in [1.29, 1.82) is 0 Å². The Morgan fingerprint density at radius 3 is 2.68 bits per heavy atom. The second-order valence-electron chi connectivity index (χ2n) is 5.52. The number of carbonyl (C=O) groups is 1. The summed E-state index contributed by atoms with van der Waals surface area (Å²) in [4.78, 5) is 18.1. The normalized spacial score (nSPS) is 10.7. The summed E-state index contributed by atoms with van der Waals surface area (Å²) >= 11 is 7.80. The van der Waals surface area contributed by atoms with Crippen LogP contribution < -0.4 is 5.32 Å². The van der Waals surface area contributed by atoms with Crippen LogP contribution in [0.25, 0.3) is 5.82 Å². The summed E-state index contributed by atoms with van der Waals surface area (Å²) in [6, 6.07) is 13.0. The fourth-order valence-electron chi connectivity index (χ4n) is 2.46. The molecule has 0 saturated heterocycles. The third-order valence-electron chi connectivity index (χ3n) is 3.60. The highest BCUT2D eigenvalue weighted by Crippen LogP contribution is 2.22. The number of aromatic nitrogens is 3. The molecule has 5 nitrogen and oxygen atoms in total. The van der Waals surface area contributed by atoms with Crippen molar-refractivity contribution in [3.8, 4) is 5.82 Å². The summed E-state index contributed by atoms with van der Waals surface area (Å²) in [6.45, 7) is 3.84. The van der Waals surface area contributed by atoms with Crippen molar-refractivity contribution in [2.45, 2.75) is 18.7 Å². The average Bonchev–Trinajstić information content (AvgIpc) is 2.93. The van der Waals surface area contributed by atoms with Crippen molar-refractivity contribution in [3.05, 3.63) is 64.6 Å². The Kier molecular flexibility index (Phi) is 5.11. The van der Waals surface area contributed by atoms with Crippen molar-refractivity contribution in [2.24, 2.45) is 0 Å². The van der Waals surface area contributed by atoms with Crippen LogP contribution in [0, 0.1) is 13.8 Å². The van der Waals surface area contributed by atoms with Gasteiger partial charge in [-0.1, -0.05) is 17.7 Å². The van der Waals surface area contributed by atoms with Crippen LogP contribution in [0.2, 0.25) is 5.02 Å². The Labute approximate surface area is 155 Å². The molecule has 128 valence electrons. The van der Waals surface area contributed by atoms with Gasteiger partial charge in [0.2, 0.25) is 0 Å². The van der Waals surface area contributed by atoms with Crippen molar-refractivity contribution in [1.82, 2.24) is 14.8 Å². The lowest BCUT2D eigenvalue weighted by atomic mass is 10.3. The summed E-state index contributed by atoms with van der Waals surface area (Å²) in [5, 5.41) is 7.53. The van der Waals surface area contributed by atoms with Gasteiger partial charge in [0.15, 0.2) is 5.82 Å². The smallest absolute Gasteiger partial charge is 0.275 e. The van der Waals surface area contributed by atoms with Gasteiger partial charge < -0.3 is 5.32 Å². The highest BCUT2D eigenvalue weighted by molar-refractivity contribution is 7.98. The quantitative estimate of drug-likeness (QED) is 0.684. The Bertz CT molecular complexity index is 939. The molecule has 0 atom stereocenters. The summed E-state index contributed by atoms with van der Waals surface area (Å²) in [6.07, 6.45) is 1.98. The molecule has 1 N–H and O–H groups in total. The van der Waals surface area contributed by atoms with Gasteiger partial charge in [-0.3, -0.25) is 4.79 Å². The molecular formula is C18H17ClN4OS. The number of benzene rings is 1. The maximum absolute atomic E-state index is 12.6. The van der Waals surface area contributed by atoms with Crippen LogP contribution in [0.3, 0.4) is 0 Å². The average molecular weight is 373 g/mol. The highest BCUT2D eigenvalue weighted by Gasteiger charge is 2.15. The maximum Gasteiger partial charge on any atom is 0.275 e. The van der Waals surface area contributed by atoms with E-state index in [2.05, 4.69) is 15.4 Å². The molecule has 1 aromatic carbocycles. The minimum Gasteiger partial charge on any atom is -0.321 e. The van der Waals surface area contributed by atoms with E-state index in [9.17, 15) is 4.79 Å². The maximum atomic E-state index is 12.6. The molecule has 0 fully saturated rings. The summed E-state index contributed by atoms with van der Waals surface area (Å²) < 4.78 is 1.69. The van der Waals surface area contributed by atoms with Gasteiger partial charge in [0, 0.05) is 16.3 Å². The van der Waals surface area contributed by atoms with Gasteiger partial charge in [0.1, 0.15) is 5.69 Å². The number of hydrogen-bond donors (Lipinski definition) is 1. The zero-order valence-electron chi connectivity index (χ0n) is 14.1. The van der Waals surface area contributed by atoms with E-state index < -0.39 is 0 Å². The molecule has 25 heavy (non-hydrogen) atoms. The van der Waals surface area contributed by atoms with Gasteiger partial charge in [0.25, 0.3) is 5.91 Å². The Morgan fingerprint density at radius 2 is 2.00 bits per heavy atom. The molecule has 2 aromatic heterocycles. The van der Waals surface area contributed by atoms with E-state index >= 15 is 0 Å². The second kappa shape index (κ2) is 7.29. The predicted molar refractivity (Wildman–Crippen MR) is 102 cm³/mol. The van der Waals surface area contributed by atoms with Gasteiger partial charge in [-0.15, -0.1) is 11.8 Å². The number of halogens is 1. The van der Waals surface area contributed by atoms with Crippen molar-refractivity contribution in [3.63, 3.8) is 0 Å². The summed E-state index contributed by atoms with van der Waals surface area (Å²) in [5.41, 5.74) is 2.69. The van der Waals surface area contributed by atoms with E-state index in [1.165, 1.54) is 0 Å². The fourth-order valence-corrected chi connectivity index (χ4v) is 3.11. The molecule has 7 heteroatoms. The molecule has 0 aliphatic heterocycles. The Balaban J connectivity index is 1.92.